The van der Waals surface area contributed by atoms with Crippen molar-refractivity contribution in [1.29, 1.82) is 0 Å². The summed E-state index contributed by atoms with van der Waals surface area (Å²) in [6.07, 6.45) is 0. The second-order valence-electron chi connectivity index (χ2n) is 6.28. The summed E-state index contributed by atoms with van der Waals surface area (Å²) < 4.78 is 11.8. The Kier molecular flexibility index (Phi) is 4.52. The quantitative estimate of drug-likeness (QED) is 0.823. The van der Waals surface area contributed by atoms with Gasteiger partial charge < -0.3 is 9.47 Å². The van der Waals surface area contributed by atoms with E-state index in [1.54, 1.807) is 11.9 Å². The van der Waals surface area contributed by atoms with Crippen LogP contribution in [0.2, 0.25) is 0 Å². The molecule has 2 aromatic rings. The standard InChI is InChI=1S/C19H20N2O3.ClH/c1-3-20-15-9-5-4-8-14(15)12-21(20)18(22)19(2)13-23-16-10-6-7-11-17(16)24-19;/h4-11H,3,12-13H2,1-2H3;1H. The molecule has 1 amide bonds. The van der Waals surface area contributed by atoms with Crippen LogP contribution in [0.25, 0.3) is 0 Å². The maximum atomic E-state index is 13.2. The largest absolute Gasteiger partial charge is 0.485 e. The number of benzene rings is 2. The summed E-state index contributed by atoms with van der Waals surface area (Å²) in [4.78, 5) is 13.2. The number of hydrazine groups is 1. The number of hydrogen-bond donors (Lipinski definition) is 0. The van der Waals surface area contributed by atoms with Gasteiger partial charge in [-0.3, -0.25) is 9.80 Å². The number of ether oxygens (including phenoxy) is 2. The fourth-order valence-electron chi connectivity index (χ4n) is 3.32. The zero-order chi connectivity index (χ0) is 16.7. The number of hydrogen-bond acceptors (Lipinski definition) is 4. The average molecular weight is 361 g/mol. The van der Waals surface area contributed by atoms with Crippen LogP contribution in [0.3, 0.4) is 0 Å². The topological polar surface area (TPSA) is 42.0 Å². The number of para-hydroxylation sites is 3. The van der Waals surface area contributed by atoms with Crippen molar-refractivity contribution < 1.29 is 14.3 Å². The first-order chi connectivity index (χ1) is 11.6. The van der Waals surface area contributed by atoms with Gasteiger partial charge in [-0.25, -0.2) is 5.01 Å². The fraction of sp³-hybridized carbons (Fsp3) is 0.316. The third kappa shape index (κ3) is 2.78. The monoisotopic (exact) mass is 360 g/mol. The highest BCUT2D eigenvalue weighted by Gasteiger charge is 2.46. The number of amides is 1. The molecular formula is C19H21ClN2O3. The minimum absolute atomic E-state index is 0. The lowest BCUT2D eigenvalue weighted by molar-refractivity contribution is -0.152. The summed E-state index contributed by atoms with van der Waals surface area (Å²) in [5.74, 6) is 1.20. The van der Waals surface area contributed by atoms with E-state index >= 15 is 0 Å². The van der Waals surface area contributed by atoms with E-state index in [4.69, 9.17) is 9.47 Å². The summed E-state index contributed by atoms with van der Waals surface area (Å²) in [6, 6.07) is 15.5. The minimum atomic E-state index is -1.04. The molecule has 5 nitrogen and oxygen atoms in total. The van der Waals surface area contributed by atoms with Crippen molar-refractivity contribution in [1.82, 2.24) is 5.01 Å². The van der Waals surface area contributed by atoms with Crippen LogP contribution < -0.4 is 14.5 Å². The molecule has 6 heteroatoms. The Balaban J connectivity index is 0.00000182. The van der Waals surface area contributed by atoms with E-state index in [2.05, 4.69) is 6.07 Å². The molecule has 25 heavy (non-hydrogen) atoms. The van der Waals surface area contributed by atoms with Gasteiger partial charge in [0, 0.05) is 6.54 Å². The summed E-state index contributed by atoms with van der Waals surface area (Å²) >= 11 is 0. The number of nitrogens with zero attached hydrogens (tertiary/aromatic N) is 2. The molecule has 132 valence electrons. The first kappa shape index (κ1) is 17.4. The molecule has 0 aromatic heterocycles. The Hall–Kier alpha value is -2.40. The van der Waals surface area contributed by atoms with E-state index in [1.165, 1.54) is 0 Å². The second-order valence-corrected chi connectivity index (χ2v) is 6.28. The Labute approximate surface area is 153 Å². The lowest BCUT2D eigenvalue weighted by Crippen LogP contribution is -2.58. The molecule has 1 unspecified atom stereocenters. The zero-order valence-corrected chi connectivity index (χ0v) is 15.1. The normalized spacial score (nSPS) is 20.7. The number of carbonyl (C=O) groups excluding carboxylic acids is 1. The van der Waals surface area contributed by atoms with E-state index in [0.717, 1.165) is 17.8 Å². The van der Waals surface area contributed by atoms with Crippen molar-refractivity contribution in [2.75, 3.05) is 18.2 Å². The van der Waals surface area contributed by atoms with E-state index < -0.39 is 5.60 Å². The molecule has 4 rings (SSSR count). The van der Waals surface area contributed by atoms with Gasteiger partial charge in [-0.2, -0.15) is 0 Å². The first-order valence-electron chi connectivity index (χ1n) is 8.20. The molecular weight excluding hydrogens is 340 g/mol. The van der Waals surface area contributed by atoms with Gasteiger partial charge in [0.25, 0.3) is 5.91 Å². The Morgan fingerprint density at radius 3 is 2.56 bits per heavy atom. The fourth-order valence-corrected chi connectivity index (χ4v) is 3.32. The van der Waals surface area contributed by atoms with Crippen LogP contribution in [-0.2, 0) is 11.3 Å². The van der Waals surface area contributed by atoms with Crippen molar-refractivity contribution in [3.05, 3.63) is 54.1 Å². The summed E-state index contributed by atoms with van der Waals surface area (Å²) in [5.41, 5.74) is 1.19. The maximum Gasteiger partial charge on any atom is 0.288 e. The van der Waals surface area contributed by atoms with Crippen LogP contribution in [0.5, 0.6) is 11.5 Å². The zero-order valence-electron chi connectivity index (χ0n) is 14.3. The molecule has 0 radical (unpaired) electrons. The molecule has 0 saturated heterocycles. The van der Waals surface area contributed by atoms with Crippen LogP contribution in [0, 0.1) is 0 Å². The van der Waals surface area contributed by atoms with E-state index in [0.29, 0.717) is 18.0 Å². The van der Waals surface area contributed by atoms with Crippen molar-refractivity contribution >= 4 is 24.0 Å². The Bertz CT molecular complexity index is 798. The molecule has 2 aromatic carbocycles. The van der Waals surface area contributed by atoms with Gasteiger partial charge in [0.15, 0.2) is 11.5 Å². The van der Waals surface area contributed by atoms with Gasteiger partial charge >= 0.3 is 0 Å². The van der Waals surface area contributed by atoms with Crippen molar-refractivity contribution in [2.45, 2.75) is 26.0 Å². The van der Waals surface area contributed by atoms with Gasteiger partial charge in [0.2, 0.25) is 5.60 Å². The van der Waals surface area contributed by atoms with E-state index in [1.807, 2.05) is 54.4 Å². The minimum Gasteiger partial charge on any atom is -0.485 e. The molecule has 0 aliphatic carbocycles. The molecule has 1 atom stereocenters. The first-order valence-corrected chi connectivity index (χ1v) is 8.20. The van der Waals surface area contributed by atoms with Gasteiger partial charge in [0.1, 0.15) is 6.61 Å². The van der Waals surface area contributed by atoms with Crippen LogP contribution >= 0.6 is 12.4 Å². The predicted molar refractivity (Wildman–Crippen MR) is 98.2 cm³/mol. The molecule has 2 aliphatic heterocycles. The highest BCUT2D eigenvalue weighted by atomic mass is 35.5. The SMILES string of the molecule is CCN1c2ccccc2CN1C(=O)C1(C)COc2ccccc2O1.Cl. The van der Waals surface area contributed by atoms with Gasteiger partial charge in [0.05, 0.1) is 12.2 Å². The molecule has 0 bridgehead atoms. The maximum absolute atomic E-state index is 13.2. The number of rotatable bonds is 2. The molecule has 0 saturated carbocycles. The van der Waals surface area contributed by atoms with Crippen molar-refractivity contribution in [2.24, 2.45) is 0 Å². The number of carbonyl (C=O) groups is 1. The molecule has 2 heterocycles. The van der Waals surface area contributed by atoms with Crippen LogP contribution in [-0.4, -0.2) is 29.7 Å². The highest BCUT2D eigenvalue weighted by Crippen LogP contribution is 2.38. The van der Waals surface area contributed by atoms with Crippen LogP contribution in [0.15, 0.2) is 48.5 Å². The van der Waals surface area contributed by atoms with Crippen molar-refractivity contribution in [3.63, 3.8) is 0 Å². The third-order valence-electron chi connectivity index (χ3n) is 4.56. The molecule has 0 spiro atoms. The lowest BCUT2D eigenvalue weighted by Gasteiger charge is -2.39. The van der Waals surface area contributed by atoms with Crippen LogP contribution in [0.1, 0.15) is 19.4 Å². The number of anilines is 1. The second kappa shape index (κ2) is 6.48. The van der Waals surface area contributed by atoms with E-state index in [-0.39, 0.29) is 24.9 Å². The Morgan fingerprint density at radius 1 is 1.12 bits per heavy atom. The number of fused-ring (bicyclic) bond motifs is 2. The Morgan fingerprint density at radius 2 is 1.80 bits per heavy atom. The third-order valence-corrected chi connectivity index (χ3v) is 4.56. The van der Waals surface area contributed by atoms with Gasteiger partial charge in [-0.1, -0.05) is 30.3 Å². The van der Waals surface area contributed by atoms with E-state index in [9.17, 15) is 4.79 Å². The summed E-state index contributed by atoms with van der Waals surface area (Å²) in [7, 11) is 0. The highest BCUT2D eigenvalue weighted by molar-refractivity contribution is 5.88. The average Bonchev–Trinajstić information content (AvgIpc) is 2.99. The van der Waals surface area contributed by atoms with Crippen molar-refractivity contribution in [3.8, 4) is 11.5 Å². The summed E-state index contributed by atoms with van der Waals surface area (Å²) in [6.45, 7) is 5.31. The molecule has 0 fully saturated rings. The number of halogens is 1. The van der Waals surface area contributed by atoms with Gasteiger partial charge in [-0.05, 0) is 37.6 Å². The van der Waals surface area contributed by atoms with Crippen LogP contribution in [0.4, 0.5) is 5.69 Å². The lowest BCUT2D eigenvalue weighted by atomic mass is 10.1. The van der Waals surface area contributed by atoms with Gasteiger partial charge in [-0.15, -0.1) is 12.4 Å². The molecule has 2 aliphatic rings. The smallest absolute Gasteiger partial charge is 0.288 e. The summed E-state index contributed by atoms with van der Waals surface area (Å²) in [5, 5.41) is 3.77. The molecule has 0 N–H and O–H groups in total. The predicted octanol–water partition coefficient (Wildman–Crippen LogP) is 3.42.